The Hall–Kier alpha value is -2.22. The fraction of sp³-hybridized carbons (Fsp3) is 0.423. The van der Waals surface area contributed by atoms with Crippen LogP contribution in [0.1, 0.15) is 114 Å². The average molecular weight is 877 g/mol. The predicted octanol–water partition coefficient (Wildman–Crippen LogP) is 9.22. The van der Waals surface area contributed by atoms with Crippen molar-refractivity contribution in [2.24, 2.45) is 17.8 Å². The topological polar surface area (TPSA) is 0 Å². The maximum absolute atomic E-state index is 2.47. The van der Waals surface area contributed by atoms with Gasteiger partial charge in [-0.05, 0) is 102 Å². The van der Waals surface area contributed by atoms with Crippen molar-refractivity contribution >= 4 is 27.0 Å². The van der Waals surface area contributed by atoms with Crippen molar-refractivity contribution < 1.29 is 48.1 Å². The number of hydrogen-bond acceptors (Lipinski definition) is 0. The molecule has 0 nitrogen and oxygen atoms in total. The molecule has 0 amide bonds. The van der Waals surface area contributed by atoms with Crippen LogP contribution in [0.25, 0.3) is 43.8 Å². The summed E-state index contributed by atoms with van der Waals surface area (Å²) in [5.41, 5.74) is 12.2. The fourth-order valence-electron chi connectivity index (χ4n) is 10.6. The molecule has 1 atom stereocenters. The number of aryl methyl sites for hydroxylation is 1. The Bertz CT molecular complexity index is 2170. The Morgan fingerprint density at radius 3 is 1.66 bits per heavy atom. The van der Waals surface area contributed by atoms with Crippen LogP contribution >= 0.6 is 0 Å². The van der Waals surface area contributed by atoms with Gasteiger partial charge in [0.2, 0.25) is 0 Å². The second kappa shape index (κ2) is 18.8. The predicted molar refractivity (Wildman–Crippen MR) is 234 cm³/mol. The molecule has 4 bridgehead atoms. The zero-order valence-electron chi connectivity index (χ0n) is 35.1. The first-order valence-electron chi connectivity index (χ1n) is 20.9. The largest absolute Gasteiger partial charge is 1.00 e. The maximum atomic E-state index is 2.47. The second-order valence-electron chi connectivity index (χ2n) is 18.7. The van der Waals surface area contributed by atoms with Gasteiger partial charge >= 0.3 is 41.9 Å². The molecule has 4 fully saturated rings. The van der Waals surface area contributed by atoms with E-state index in [1.807, 2.05) is 0 Å². The summed E-state index contributed by atoms with van der Waals surface area (Å²) in [5, 5.41) is 5.52. The summed E-state index contributed by atoms with van der Waals surface area (Å²) >= 11 is 1.74. The minimum absolute atomic E-state index is 0. The molecule has 0 aliphatic heterocycles. The molecule has 0 radical (unpaired) electrons. The quantitative estimate of drug-likeness (QED) is 0.116. The number of fused-ring (bicyclic) bond motifs is 2. The molecular weight excluding hydrogens is 815 g/mol. The van der Waals surface area contributed by atoms with E-state index in [9.17, 15) is 0 Å². The van der Waals surface area contributed by atoms with Crippen molar-refractivity contribution in [2.75, 3.05) is 0 Å². The van der Waals surface area contributed by atoms with Crippen LogP contribution in [0.4, 0.5) is 0 Å². The summed E-state index contributed by atoms with van der Waals surface area (Å²) in [7, 11) is 0. The molecule has 4 saturated carbocycles. The molecule has 0 saturated heterocycles. The monoisotopic (exact) mass is 874 g/mol. The van der Waals surface area contributed by atoms with Crippen LogP contribution in [0.2, 0.25) is 13.1 Å². The fourth-order valence-corrected chi connectivity index (χ4v) is 10.6. The Kier molecular flexibility index (Phi) is 15.1. The first-order chi connectivity index (χ1) is 25.8. The Morgan fingerprint density at radius 2 is 1.18 bits per heavy atom. The molecule has 294 valence electrons. The summed E-state index contributed by atoms with van der Waals surface area (Å²) in [6.07, 6.45) is 11.4. The van der Waals surface area contributed by atoms with Crippen LogP contribution in [0.3, 0.4) is 0 Å². The standard InChI is InChI=1S/C26H27.C24H29.C2H6Si.2ClH.Zr/c1-17-9-22-3-2-4-24(25(22)10-17)21-5-7-23(8-6-21)26-14-18-11-19(15-26)13-20(12-18)16-26;1-6-8-17(2)20-15-19-9-7-10-22(23(19)16-20)18-11-13-21(14-12-18)24(3,4)5;1-3-2;;;/h2-10,18-20H,11-16H2,1H3;7,9-17H,6,8H2,1-5H3;1-2H3;2*1H;/q2*-1;;;;+2/p-2. The van der Waals surface area contributed by atoms with Crippen molar-refractivity contribution in [2.45, 2.75) is 123 Å². The molecule has 4 aliphatic carbocycles. The number of rotatable bonds is 6. The van der Waals surface area contributed by atoms with E-state index in [4.69, 9.17) is 0 Å². The first kappa shape index (κ1) is 44.9. The van der Waals surface area contributed by atoms with Gasteiger partial charge in [0.05, 0.1) is 0 Å². The van der Waals surface area contributed by atoms with Crippen molar-refractivity contribution in [3.05, 3.63) is 131 Å². The summed E-state index contributed by atoms with van der Waals surface area (Å²) in [6.45, 7) is 18.2. The Balaban J connectivity index is 0.000000190. The Morgan fingerprint density at radius 1 is 0.714 bits per heavy atom. The minimum atomic E-state index is 0. The number of benzene rings is 4. The molecule has 10 rings (SSSR count). The molecule has 0 aromatic heterocycles. The summed E-state index contributed by atoms with van der Waals surface area (Å²) in [4.78, 5) is 0. The van der Waals surface area contributed by atoms with E-state index in [0.29, 0.717) is 11.3 Å². The third-order valence-corrected chi connectivity index (χ3v) is 12.9. The van der Waals surface area contributed by atoms with Crippen LogP contribution in [-0.2, 0) is 34.2 Å². The zero-order chi connectivity index (χ0) is 38.2. The minimum Gasteiger partial charge on any atom is -1.00 e. The number of halogens is 2. The third kappa shape index (κ3) is 9.96. The van der Waals surface area contributed by atoms with E-state index in [0.717, 1.165) is 17.8 Å². The van der Waals surface area contributed by atoms with Gasteiger partial charge in [-0.2, -0.15) is 12.1 Å². The normalized spacial score (nSPS) is 21.3. The van der Waals surface area contributed by atoms with E-state index in [1.54, 1.807) is 28.9 Å². The molecule has 4 aliphatic rings. The molecule has 0 spiro atoms. The van der Waals surface area contributed by atoms with E-state index in [1.165, 1.54) is 112 Å². The van der Waals surface area contributed by atoms with Gasteiger partial charge in [0.25, 0.3) is 0 Å². The van der Waals surface area contributed by atoms with Gasteiger partial charge in [-0.25, -0.2) is 0 Å². The molecule has 0 heterocycles. The first-order valence-corrected chi connectivity index (χ1v) is 27.1. The van der Waals surface area contributed by atoms with E-state index < -0.39 is 0 Å². The second-order valence-corrected chi connectivity index (χ2v) is 28.1. The van der Waals surface area contributed by atoms with Gasteiger partial charge < -0.3 is 24.8 Å². The zero-order valence-corrected chi connectivity index (χ0v) is 40.1. The summed E-state index contributed by atoms with van der Waals surface area (Å²) in [5.74, 6) is 3.68. The molecule has 1 unspecified atom stereocenters. The van der Waals surface area contributed by atoms with Crippen LogP contribution in [0, 0.1) is 24.7 Å². The molecule has 0 N–H and O–H groups in total. The van der Waals surface area contributed by atoms with Crippen LogP contribution < -0.4 is 24.8 Å². The molecule has 56 heavy (non-hydrogen) atoms. The molecule has 6 aromatic carbocycles. The van der Waals surface area contributed by atoms with Crippen molar-refractivity contribution in [3.63, 3.8) is 0 Å². The van der Waals surface area contributed by atoms with Crippen LogP contribution in [0.5, 0.6) is 0 Å². The van der Waals surface area contributed by atoms with Gasteiger partial charge in [-0.1, -0.05) is 120 Å². The van der Waals surface area contributed by atoms with Crippen molar-refractivity contribution in [3.8, 4) is 22.3 Å². The van der Waals surface area contributed by atoms with Gasteiger partial charge in [0, 0.05) is 0 Å². The summed E-state index contributed by atoms with van der Waals surface area (Å²) in [6, 6.07) is 41.6. The maximum Gasteiger partial charge on any atom is -0.00391 e. The van der Waals surface area contributed by atoms with E-state index in [2.05, 4.69) is 164 Å². The van der Waals surface area contributed by atoms with Gasteiger partial charge in [-0.15, -0.1) is 69.1 Å². The third-order valence-electron chi connectivity index (χ3n) is 12.9. The van der Waals surface area contributed by atoms with Crippen LogP contribution in [-0.4, -0.2) is 5.43 Å². The average Bonchev–Trinajstić information content (AvgIpc) is 3.74. The Labute approximate surface area is 366 Å². The molecule has 6 aromatic rings. The van der Waals surface area contributed by atoms with Crippen molar-refractivity contribution in [1.29, 1.82) is 0 Å². The molecule has 4 heteroatoms. The summed E-state index contributed by atoms with van der Waals surface area (Å²) < 4.78 is 0. The smallest absolute Gasteiger partial charge is 0.00391 e. The van der Waals surface area contributed by atoms with E-state index >= 15 is 0 Å². The molecular formula is C52H62Cl2SiZr-2. The van der Waals surface area contributed by atoms with Gasteiger partial charge in [-0.3, -0.25) is 0 Å². The van der Waals surface area contributed by atoms with Gasteiger partial charge in [0.1, 0.15) is 0 Å². The van der Waals surface area contributed by atoms with Crippen molar-refractivity contribution in [1.82, 2.24) is 0 Å². The number of hydrogen-bond donors (Lipinski definition) is 0. The van der Waals surface area contributed by atoms with Gasteiger partial charge in [0.15, 0.2) is 0 Å². The van der Waals surface area contributed by atoms with E-state index in [-0.39, 0.29) is 35.7 Å². The van der Waals surface area contributed by atoms with Crippen LogP contribution in [0.15, 0.2) is 109 Å². The SMILES string of the molecule is CCCC(C)c1cc2c(-c3ccc(C(C)(C)C)cc3)cccc2[cH-]1.C[Si](C)=[Zr+2].Cc1cc2c(-c3ccc(C45CC6CC(CC(C6)C4)C5)cc3)cccc2[cH-]1.[Cl-].[Cl-].